The first-order valence-corrected chi connectivity index (χ1v) is 7.41. The molecule has 3 aliphatic rings. The highest BCUT2D eigenvalue weighted by molar-refractivity contribution is 4.98. The zero-order valence-electron chi connectivity index (χ0n) is 12.7. The van der Waals surface area contributed by atoms with Crippen LogP contribution in [0.2, 0.25) is 0 Å². The molecule has 6 atom stereocenters. The van der Waals surface area contributed by atoms with Gasteiger partial charge in [0.1, 0.15) is 6.10 Å². The second-order valence-corrected chi connectivity index (χ2v) is 5.16. The summed E-state index contributed by atoms with van der Waals surface area (Å²) in [6.45, 7) is 9.86. The molecule has 3 aliphatic heterocycles. The first-order valence-electron chi connectivity index (χ1n) is 7.41. The van der Waals surface area contributed by atoms with Crippen molar-refractivity contribution < 1.29 is 18.9 Å². The van der Waals surface area contributed by atoms with Crippen molar-refractivity contribution in [1.29, 1.82) is 0 Å². The number of morpholine rings is 1. The van der Waals surface area contributed by atoms with E-state index >= 15 is 0 Å². The number of hydrogen-bond donors (Lipinski definition) is 0. The molecule has 5 nitrogen and oxygen atoms in total. The Hall–Kier alpha value is -0.200. The Morgan fingerprint density at radius 1 is 1.16 bits per heavy atom. The predicted octanol–water partition coefficient (Wildman–Crippen LogP) is 1.61. The van der Waals surface area contributed by atoms with Gasteiger partial charge in [-0.05, 0) is 20.3 Å². The van der Waals surface area contributed by atoms with Gasteiger partial charge in [-0.3, -0.25) is 4.90 Å². The summed E-state index contributed by atoms with van der Waals surface area (Å²) in [6, 6.07) is 0.445. The lowest BCUT2D eigenvalue weighted by Crippen LogP contribution is -2.54. The highest BCUT2D eigenvalue weighted by Crippen LogP contribution is 2.37. The zero-order valence-corrected chi connectivity index (χ0v) is 12.7. The summed E-state index contributed by atoms with van der Waals surface area (Å²) in [7, 11) is 1.67. The number of fused-ring (bicyclic) bond motifs is 3. The lowest BCUT2D eigenvalue weighted by molar-refractivity contribution is -0.246. The Labute approximate surface area is 116 Å². The molecule has 3 saturated heterocycles. The molecule has 112 valence electrons. The highest BCUT2D eigenvalue weighted by Gasteiger charge is 2.52. The average Bonchev–Trinajstić information content (AvgIpc) is 2.80. The molecule has 0 amide bonds. The monoisotopic (exact) mass is 273 g/mol. The minimum absolute atomic E-state index is 0.0694. The van der Waals surface area contributed by atoms with Gasteiger partial charge in [0, 0.05) is 19.7 Å². The van der Waals surface area contributed by atoms with E-state index in [4.69, 9.17) is 18.9 Å². The fraction of sp³-hybridized carbons (Fsp3) is 1.00. The van der Waals surface area contributed by atoms with Crippen LogP contribution in [0.4, 0.5) is 0 Å². The van der Waals surface area contributed by atoms with Crippen LogP contribution in [0.1, 0.15) is 34.1 Å². The maximum absolute atomic E-state index is 6.08. The van der Waals surface area contributed by atoms with E-state index < -0.39 is 0 Å². The summed E-state index contributed by atoms with van der Waals surface area (Å²) in [5.41, 5.74) is 0. The molecule has 0 N–H and O–H groups in total. The van der Waals surface area contributed by atoms with E-state index in [1.807, 2.05) is 13.8 Å². The zero-order chi connectivity index (χ0) is 14.0. The van der Waals surface area contributed by atoms with Crippen LogP contribution >= 0.6 is 0 Å². The molecule has 0 aromatic heterocycles. The summed E-state index contributed by atoms with van der Waals surface area (Å²) in [5, 5.41) is 0. The van der Waals surface area contributed by atoms with Gasteiger partial charge in [-0.2, -0.15) is 0 Å². The Morgan fingerprint density at radius 3 is 2.58 bits per heavy atom. The molecule has 0 radical (unpaired) electrons. The van der Waals surface area contributed by atoms with Crippen LogP contribution in [-0.4, -0.2) is 62.0 Å². The molecule has 0 aromatic carbocycles. The number of ether oxygens (including phenoxy) is 4. The quantitative estimate of drug-likeness (QED) is 0.726. The van der Waals surface area contributed by atoms with E-state index in [1.165, 1.54) is 0 Å². The van der Waals surface area contributed by atoms with Crippen LogP contribution in [0.15, 0.2) is 0 Å². The van der Waals surface area contributed by atoms with Crippen molar-refractivity contribution in [2.75, 3.05) is 20.3 Å². The van der Waals surface area contributed by atoms with Crippen molar-refractivity contribution in [2.45, 2.75) is 71.0 Å². The third kappa shape index (κ3) is 2.81. The smallest absolute Gasteiger partial charge is 0.197 e. The van der Waals surface area contributed by atoms with Crippen LogP contribution in [-0.2, 0) is 18.9 Å². The number of rotatable bonds is 1. The number of nitrogens with zero attached hydrogens (tertiary/aromatic N) is 1. The third-order valence-electron chi connectivity index (χ3n) is 4.01. The molecule has 5 heteroatoms. The molecule has 0 unspecified atom stereocenters. The molecule has 0 aliphatic carbocycles. The lowest BCUT2D eigenvalue weighted by atomic mass is 9.96. The Bertz CT molecular complexity index is 289. The summed E-state index contributed by atoms with van der Waals surface area (Å²) >= 11 is 0. The first-order chi connectivity index (χ1) is 9.20. The molecule has 0 spiro atoms. The van der Waals surface area contributed by atoms with Gasteiger partial charge in [-0.1, -0.05) is 13.8 Å². The third-order valence-corrected chi connectivity index (χ3v) is 4.01. The second kappa shape index (κ2) is 6.50. The largest absolute Gasteiger partial charge is 0.373 e. The molecule has 3 rings (SSSR count). The van der Waals surface area contributed by atoms with E-state index in [-0.39, 0.29) is 24.7 Å². The summed E-state index contributed by atoms with van der Waals surface area (Å²) < 4.78 is 22.8. The normalized spacial score (nSPS) is 45.9. The van der Waals surface area contributed by atoms with Gasteiger partial charge in [0.2, 0.25) is 0 Å². The molecule has 0 bridgehead atoms. The SMILES string of the molecule is CC.CO[C@H]1OCCN2[C@@H]1O[C@@H]1[C@H](C)O[C@H](C)C[C@@H]12. The predicted molar refractivity (Wildman–Crippen MR) is 71.9 cm³/mol. The summed E-state index contributed by atoms with van der Waals surface area (Å²) in [6.07, 6.45) is 1.29. The summed E-state index contributed by atoms with van der Waals surface area (Å²) in [4.78, 5) is 2.39. The van der Waals surface area contributed by atoms with Crippen molar-refractivity contribution in [3.05, 3.63) is 0 Å². The fourth-order valence-electron chi connectivity index (χ4n) is 3.29. The van der Waals surface area contributed by atoms with E-state index in [0.29, 0.717) is 18.8 Å². The van der Waals surface area contributed by atoms with Crippen molar-refractivity contribution in [3.8, 4) is 0 Å². The fourth-order valence-corrected chi connectivity index (χ4v) is 3.29. The molecule has 0 saturated carbocycles. The van der Waals surface area contributed by atoms with Crippen molar-refractivity contribution in [1.82, 2.24) is 4.90 Å². The van der Waals surface area contributed by atoms with Crippen molar-refractivity contribution >= 4 is 0 Å². The van der Waals surface area contributed by atoms with E-state index in [2.05, 4.69) is 18.7 Å². The average molecular weight is 273 g/mol. The standard InChI is InChI=1S/C12H21NO4.C2H6/c1-7-6-9-10(8(2)16-7)17-11-12(14-3)15-5-4-13(9)11;1-2/h7-12H,4-6H2,1-3H3;1-2H3/t7-,8+,9+,10-,11-,12+;/m1./s1. The van der Waals surface area contributed by atoms with Crippen LogP contribution in [0, 0.1) is 0 Å². The number of methoxy groups -OCH3 is 1. The maximum Gasteiger partial charge on any atom is 0.197 e. The van der Waals surface area contributed by atoms with Crippen LogP contribution in [0.3, 0.4) is 0 Å². The topological polar surface area (TPSA) is 40.2 Å². The maximum atomic E-state index is 6.08. The molecule has 3 heterocycles. The molecule has 3 fully saturated rings. The van der Waals surface area contributed by atoms with Crippen LogP contribution in [0.5, 0.6) is 0 Å². The van der Waals surface area contributed by atoms with Crippen molar-refractivity contribution in [3.63, 3.8) is 0 Å². The minimum Gasteiger partial charge on any atom is -0.373 e. The van der Waals surface area contributed by atoms with Gasteiger partial charge < -0.3 is 18.9 Å². The minimum atomic E-state index is -0.267. The van der Waals surface area contributed by atoms with Gasteiger partial charge in [-0.15, -0.1) is 0 Å². The van der Waals surface area contributed by atoms with E-state index in [9.17, 15) is 0 Å². The van der Waals surface area contributed by atoms with Crippen molar-refractivity contribution in [2.24, 2.45) is 0 Å². The van der Waals surface area contributed by atoms with E-state index in [1.54, 1.807) is 7.11 Å². The van der Waals surface area contributed by atoms with Gasteiger partial charge in [0.25, 0.3) is 0 Å². The van der Waals surface area contributed by atoms with Crippen LogP contribution < -0.4 is 0 Å². The van der Waals surface area contributed by atoms with Gasteiger partial charge in [-0.25, -0.2) is 0 Å². The number of hydrogen-bond acceptors (Lipinski definition) is 5. The molecule has 19 heavy (non-hydrogen) atoms. The molecular formula is C14H27NO4. The first kappa shape index (κ1) is 15.2. The Kier molecular flexibility index (Phi) is 5.20. The van der Waals surface area contributed by atoms with Crippen LogP contribution in [0.25, 0.3) is 0 Å². The lowest BCUT2D eigenvalue weighted by Gasteiger charge is -2.39. The van der Waals surface area contributed by atoms with Gasteiger partial charge in [0.05, 0.1) is 18.8 Å². The Morgan fingerprint density at radius 2 is 1.89 bits per heavy atom. The van der Waals surface area contributed by atoms with E-state index in [0.717, 1.165) is 13.0 Å². The molecular weight excluding hydrogens is 246 g/mol. The molecule has 0 aromatic rings. The van der Waals surface area contributed by atoms with Gasteiger partial charge >= 0.3 is 0 Å². The second-order valence-electron chi connectivity index (χ2n) is 5.16. The Balaban J connectivity index is 0.000000637. The summed E-state index contributed by atoms with van der Waals surface area (Å²) in [5.74, 6) is 0. The van der Waals surface area contributed by atoms with Gasteiger partial charge in [0.15, 0.2) is 12.5 Å². The highest BCUT2D eigenvalue weighted by atomic mass is 16.7.